The third kappa shape index (κ3) is 2.56. The number of hydrogen-bond donors (Lipinski definition) is 2. The van der Waals surface area contributed by atoms with Crippen molar-refractivity contribution >= 4 is 11.0 Å². The van der Waals surface area contributed by atoms with Crippen molar-refractivity contribution in [3.05, 3.63) is 18.0 Å². The molecule has 0 spiro atoms. The number of nitrogens with one attached hydrogen (secondary N) is 1. The number of nitrogens with zero attached hydrogens (tertiary/aromatic N) is 1. The zero-order chi connectivity index (χ0) is 13.1. The summed E-state index contributed by atoms with van der Waals surface area (Å²) in [6.45, 7) is 1.99. The van der Waals surface area contributed by atoms with Crippen molar-refractivity contribution in [1.29, 1.82) is 0 Å². The number of fused-ring (bicyclic) bond motifs is 1. The quantitative estimate of drug-likeness (QED) is 0.848. The summed E-state index contributed by atoms with van der Waals surface area (Å²) in [4.78, 5) is 7.80. The highest BCUT2D eigenvalue weighted by Crippen LogP contribution is 2.31. The molecule has 0 saturated heterocycles. The number of aryl methyl sites for hydroxylation is 1. The lowest BCUT2D eigenvalue weighted by atomic mass is 10.2. The Morgan fingerprint density at radius 1 is 1.28 bits per heavy atom. The van der Waals surface area contributed by atoms with E-state index >= 15 is 0 Å². The first-order valence-corrected chi connectivity index (χ1v) is 6.00. The van der Waals surface area contributed by atoms with Crippen LogP contribution in [0.5, 0.6) is 11.5 Å². The summed E-state index contributed by atoms with van der Waals surface area (Å²) in [5, 5.41) is 0. The molecule has 0 bridgehead atoms. The third-order valence-electron chi connectivity index (χ3n) is 2.87. The molecule has 2 rings (SSSR count). The zero-order valence-corrected chi connectivity index (χ0v) is 11.0. The molecule has 1 aromatic heterocycles. The van der Waals surface area contributed by atoms with E-state index in [2.05, 4.69) is 9.97 Å². The van der Waals surface area contributed by atoms with Crippen molar-refractivity contribution in [2.45, 2.75) is 25.8 Å². The Kier molecular flexibility index (Phi) is 3.72. The second-order valence-electron chi connectivity index (χ2n) is 4.42. The monoisotopic (exact) mass is 249 g/mol. The number of imidazole rings is 1. The van der Waals surface area contributed by atoms with Crippen LogP contribution in [0.4, 0.5) is 0 Å². The molecule has 1 aromatic carbocycles. The Morgan fingerprint density at radius 2 is 1.94 bits per heavy atom. The smallest absolute Gasteiger partial charge is 0.163 e. The highest BCUT2D eigenvalue weighted by Gasteiger charge is 2.10. The number of aromatic nitrogens is 2. The Bertz CT molecular complexity index is 493. The number of ether oxygens (including phenoxy) is 2. The van der Waals surface area contributed by atoms with E-state index in [-0.39, 0.29) is 6.04 Å². The topological polar surface area (TPSA) is 73.2 Å². The summed E-state index contributed by atoms with van der Waals surface area (Å²) in [5.74, 6) is 2.33. The summed E-state index contributed by atoms with van der Waals surface area (Å²) < 4.78 is 10.5. The average molecular weight is 249 g/mol. The normalized spacial score (nSPS) is 12.7. The molecule has 3 N–H and O–H groups in total. The number of nitrogens with two attached hydrogens (primary N) is 1. The standard InChI is InChI=1S/C13H19N3O2/c1-8(14)4-5-13-15-9-6-11(17-2)12(18-3)7-10(9)16-13/h6-8H,4-5,14H2,1-3H3,(H,15,16). The second-order valence-corrected chi connectivity index (χ2v) is 4.42. The number of hydrogen-bond acceptors (Lipinski definition) is 4. The minimum atomic E-state index is 0.183. The number of H-pyrrole nitrogens is 1. The van der Waals surface area contributed by atoms with Crippen LogP contribution in [-0.4, -0.2) is 30.2 Å². The van der Waals surface area contributed by atoms with Gasteiger partial charge >= 0.3 is 0 Å². The molecule has 1 heterocycles. The van der Waals surface area contributed by atoms with E-state index in [4.69, 9.17) is 15.2 Å². The van der Waals surface area contributed by atoms with Crippen molar-refractivity contribution in [3.8, 4) is 11.5 Å². The molecule has 18 heavy (non-hydrogen) atoms. The van der Waals surface area contributed by atoms with Gasteiger partial charge < -0.3 is 20.2 Å². The van der Waals surface area contributed by atoms with Crippen LogP contribution in [0.15, 0.2) is 12.1 Å². The third-order valence-corrected chi connectivity index (χ3v) is 2.87. The summed E-state index contributed by atoms with van der Waals surface area (Å²) >= 11 is 0. The zero-order valence-electron chi connectivity index (χ0n) is 11.0. The lowest BCUT2D eigenvalue weighted by Crippen LogP contribution is -2.15. The Morgan fingerprint density at radius 3 is 2.56 bits per heavy atom. The first-order valence-electron chi connectivity index (χ1n) is 6.00. The van der Waals surface area contributed by atoms with Gasteiger partial charge in [0.15, 0.2) is 11.5 Å². The van der Waals surface area contributed by atoms with Gasteiger partial charge in [-0.3, -0.25) is 0 Å². The van der Waals surface area contributed by atoms with Gasteiger partial charge in [0.05, 0.1) is 25.3 Å². The lowest BCUT2D eigenvalue weighted by Gasteiger charge is -2.06. The van der Waals surface area contributed by atoms with Crippen LogP contribution >= 0.6 is 0 Å². The van der Waals surface area contributed by atoms with Gasteiger partial charge in [-0.05, 0) is 13.3 Å². The van der Waals surface area contributed by atoms with Crippen LogP contribution in [0.1, 0.15) is 19.2 Å². The fourth-order valence-corrected chi connectivity index (χ4v) is 1.87. The van der Waals surface area contributed by atoms with Crippen LogP contribution in [0, 0.1) is 0 Å². The van der Waals surface area contributed by atoms with E-state index in [1.807, 2.05) is 19.1 Å². The minimum Gasteiger partial charge on any atom is -0.493 e. The van der Waals surface area contributed by atoms with E-state index in [9.17, 15) is 0 Å². The first kappa shape index (κ1) is 12.7. The Balaban J connectivity index is 2.32. The maximum atomic E-state index is 5.74. The fourth-order valence-electron chi connectivity index (χ4n) is 1.87. The van der Waals surface area contributed by atoms with Gasteiger partial charge in [0.25, 0.3) is 0 Å². The van der Waals surface area contributed by atoms with Crippen molar-refractivity contribution in [1.82, 2.24) is 9.97 Å². The maximum Gasteiger partial charge on any atom is 0.163 e. The molecule has 5 heteroatoms. The first-order chi connectivity index (χ1) is 8.63. The van der Waals surface area contributed by atoms with Crippen molar-refractivity contribution in [3.63, 3.8) is 0 Å². The Hall–Kier alpha value is -1.75. The summed E-state index contributed by atoms with van der Waals surface area (Å²) in [7, 11) is 3.24. The minimum absolute atomic E-state index is 0.183. The molecular formula is C13H19N3O2. The molecule has 1 unspecified atom stereocenters. The van der Waals surface area contributed by atoms with Gasteiger partial charge in [-0.1, -0.05) is 0 Å². The predicted molar refractivity (Wildman–Crippen MR) is 71.2 cm³/mol. The van der Waals surface area contributed by atoms with Crippen molar-refractivity contribution < 1.29 is 9.47 Å². The van der Waals surface area contributed by atoms with Gasteiger partial charge in [-0.2, -0.15) is 0 Å². The fraction of sp³-hybridized carbons (Fsp3) is 0.462. The summed E-state index contributed by atoms with van der Waals surface area (Å²) in [6.07, 6.45) is 1.76. The molecule has 0 radical (unpaired) electrons. The Labute approximate surface area is 106 Å². The van der Waals surface area contributed by atoms with Crippen LogP contribution in [0.25, 0.3) is 11.0 Å². The molecule has 2 aromatic rings. The molecule has 0 fully saturated rings. The summed E-state index contributed by atoms with van der Waals surface area (Å²) in [5.41, 5.74) is 7.58. The largest absolute Gasteiger partial charge is 0.493 e. The van der Waals surface area contributed by atoms with Crippen molar-refractivity contribution in [2.75, 3.05) is 14.2 Å². The van der Waals surface area contributed by atoms with Crippen LogP contribution in [0.2, 0.25) is 0 Å². The van der Waals surface area contributed by atoms with Crippen LogP contribution < -0.4 is 15.2 Å². The van der Waals surface area contributed by atoms with Gasteiger partial charge in [0.2, 0.25) is 0 Å². The predicted octanol–water partition coefficient (Wildman–Crippen LogP) is 1.86. The molecule has 1 atom stereocenters. The van der Waals surface area contributed by atoms with Gasteiger partial charge in [0.1, 0.15) is 5.82 Å². The highest BCUT2D eigenvalue weighted by atomic mass is 16.5. The van der Waals surface area contributed by atoms with E-state index in [0.717, 1.165) is 29.7 Å². The number of benzene rings is 1. The molecule has 0 amide bonds. The molecule has 98 valence electrons. The molecule has 0 aliphatic rings. The average Bonchev–Trinajstić information content (AvgIpc) is 2.76. The van der Waals surface area contributed by atoms with Crippen LogP contribution in [-0.2, 0) is 6.42 Å². The molecule has 0 saturated carbocycles. The number of aromatic amines is 1. The maximum absolute atomic E-state index is 5.74. The van der Waals surface area contributed by atoms with E-state index < -0.39 is 0 Å². The van der Waals surface area contributed by atoms with Crippen LogP contribution in [0.3, 0.4) is 0 Å². The molecule has 0 aliphatic carbocycles. The van der Waals surface area contributed by atoms with E-state index in [1.165, 1.54) is 0 Å². The van der Waals surface area contributed by atoms with E-state index in [0.29, 0.717) is 11.5 Å². The van der Waals surface area contributed by atoms with E-state index in [1.54, 1.807) is 14.2 Å². The van der Waals surface area contributed by atoms with Gasteiger partial charge in [-0.15, -0.1) is 0 Å². The second kappa shape index (κ2) is 5.27. The molecular weight excluding hydrogens is 230 g/mol. The highest BCUT2D eigenvalue weighted by molar-refractivity contribution is 5.79. The number of rotatable bonds is 5. The van der Waals surface area contributed by atoms with Crippen molar-refractivity contribution in [2.24, 2.45) is 5.73 Å². The lowest BCUT2D eigenvalue weighted by molar-refractivity contribution is 0.356. The van der Waals surface area contributed by atoms with Gasteiger partial charge in [-0.25, -0.2) is 4.98 Å². The molecule has 5 nitrogen and oxygen atoms in total. The SMILES string of the molecule is COc1cc2nc(CCC(C)N)[nH]c2cc1OC. The molecule has 0 aliphatic heterocycles. The number of methoxy groups -OCH3 is 2. The summed E-state index contributed by atoms with van der Waals surface area (Å²) in [6, 6.07) is 3.96. The van der Waals surface area contributed by atoms with Gasteiger partial charge in [0, 0.05) is 24.6 Å².